The van der Waals surface area contributed by atoms with Crippen molar-refractivity contribution in [2.45, 2.75) is 38.5 Å². The van der Waals surface area contributed by atoms with Crippen LogP contribution in [0.15, 0.2) is 0 Å². The van der Waals surface area contributed by atoms with Crippen LogP contribution in [0.25, 0.3) is 0 Å². The van der Waals surface area contributed by atoms with Crippen LogP contribution in [-0.4, -0.2) is 18.4 Å². The van der Waals surface area contributed by atoms with Crippen molar-refractivity contribution in [1.29, 1.82) is 5.26 Å². The third-order valence-corrected chi connectivity index (χ3v) is 3.03. The zero-order chi connectivity index (χ0) is 12.0. The Balaban J connectivity index is 2.67. The highest BCUT2D eigenvalue weighted by Crippen LogP contribution is 2.34. The Hall–Kier alpha value is -1.57. The zero-order valence-electron chi connectivity index (χ0n) is 9.29. The molecular weight excluding hydrogens is 206 g/mol. The number of hydrogen-bond acceptors (Lipinski definition) is 3. The average molecular weight is 223 g/mol. The Morgan fingerprint density at radius 2 is 1.81 bits per heavy atom. The van der Waals surface area contributed by atoms with Crippen LogP contribution in [0, 0.1) is 16.7 Å². The summed E-state index contributed by atoms with van der Waals surface area (Å²) in [6, 6.07) is 2.12. The molecule has 5 nitrogen and oxygen atoms in total. The minimum Gasteiger partial charge on any atom is -0.368 e. The number of primary amides is 1. The van der Waals surface area contributed by atoms with Gasteiger partial charge in [-0.3, -0.25) is 9.59 Å². The van der Waals surface area contributed by atoms with E-state index in [0.29, 0.717) is 12.8 Å². The van der Waals surface area contributed by atoms with Crippen molar-refractivity contribution in [1.82, 2.24) is 5.32 Å². The fraction of sp³-hybridized carbons (Fsp3) is 0.727. The first-order chi connectivity index (χ1) is 7.60. The molecule has 1 saturated carbocycles. The normalized spacial score (nSPS) is 19.2. The molecule has 1 aliphatic rings. The number of hydrogen-bond donors (Lipinski definition) is 2. The molecule has 16 heavy (non-hydrogen) atoms. The second-order valence-corrected chi connectivity index (χ2v) is 4.26. The predicted octanol–water partition coefficient (Wildman–Crippen LogP) is 0.452. The fourth-order valence-electron chi connectivity index (χ4n) is 2.06. The third-order valence-electron chi connectivity index (χ3n) is 3.03. The Kier molecular flexibility index (Phi) is 4.29. The molecule has 1 fully saturated rings. The van der Waals surface area contributed by atoms with E-state index in [9.17, 15) is 14.9 Å². The van der Waals surface area contributed by atoms with Crippen LogP contribution < -0.4 is 11.1 Å². The predicted molar refractivity (Wildman–Crippen MR) is 58.0 cm³/mol. The molecule has 0 bridgehead atoms. The van der Waals surface area contributed by atoms with E-state index in [1.807, 2.05) is 0 Å². The van der Waals surface area contributed by atoms with Gasteiger partial charge in [0.2, 0.25) is 11.8 Å². The van der Waals surface area contributed by atoms with E-state index in [0.717, 1.165) is 25.7 Å². The maximum absolute atomic E-state index is 11.9. The largest absolute Gasteiger partial charge is 0.368 e. The lowest BCUT2D eigenvalue weighted by Crippen LogP contribution is -2.43. The van der Waals surface area contributed by atoms with Gasteiger partial charge in [-0.25, -0.2) is 0 Å². The minimum atomic E-state index is -0.952. The molecule has 5 heteroatoms. The molecule has 0 unspecified atom stereocenters. The summed E-state index contributed by atoms with van der Waals surface area (Å²) in [6.45, 7) is -0.192. The maximum Gasteiger partial charge on any atom is 0.240 e. The first kappa shape index (κ1) is 12.5. The summed E-state index contributed by atoms with van der Waals surface area (Å²) in [7, 11) is 0. The van der Waals surface area contributed by atoms with E-state index in [4.69, 9.17) is 5.73 Å². The van der Waals surface area contributed by atoms with Gasteiger partial charge in [-0.2, -0.15) is 5.26 Å². The van der Waals surface area contributed by atoms with Crippen molar-refractivity contribution < 1.29 is 9.59 Å². The molecule has 0 atom stereocenters. The van der Waals surface area contributed by atoms with Crippen molar-refractivity contribution in [3.05, 3.63) is 0 Å². The summed E-state index contributed by atoms with van der Waals surface area (Å²) in [5.41, 5.74) is 4.00. The monoisotopic (exact) mass is 223 g/mol. The molecule has 3 N–H and O–H groups in total. The highest BCUT2D eigenvalue weighted by atomic mass is 16.2. The molecule has 0 aromatic heterocycles. The van der Waals surface area contributed by atoms with Crippen molar-refractivity contribution in [2.75, 3.05) is 6.54 Å². The Morgan fingerprint density at radius 1 is 1.25 bits per heavy atom. The standard InChI is InChI=1S/C11H17N3O2/c12-8-11(5-3-1-2-4-6-11)10(16)14-7-9(13)15/h1-7H2,(H2,13,15)(H,14,16). The number of amides is 2. The van der Waals surface area contributed by atoms with Gasteiger partial charge >= 0.3 is 0 Å². The van der Waals surface area contributed by atoms with Crippen LogP contribution in [0.4, 0.5) is 0 Å². The second-order valence-electron chi connectivity index (χ2n) is 4.26. The number of nitrogens with one attached hydrogen (secondary N) is 1. The van der Waals surface area contributed by atoms with Crippen LogP contribution in [0.5, 0.6) is 0 Å². The van der Waals surface area contributed by atoms with Crippen LogP contribution in [0.3, 0.4) is 0 Å². The highest BCUT2D eigenvalue weighted by Gasteiger charge is 2.38. The van der Waals surface area contributed by atoms with Gasteiger partial charge in [0.15, 0.2) is 0 Å². The van der Waals surface area contributed by atoms with E-state index in [-0.39, 0.29) is 12.5 Å². The Labute approximate surface area is 95.0 Å². The van der Waals surface area contributed by atoms with Gasteiger partial charge in [-0.15, -0.1) is 0 Å². The Morgan fingerprint density at radius 3 is 2.25 bits per heavy atom. The number of nitrogens with zero attached hydrogens (tertiary/aromatic N) is 1. The van der Waals surface area contributed by atoms with Crippen molar-refractivity contribution >= 4 is 11.8 Å². The smallest absolute Gasteiger partial charge is 0.240 e. The van der Waals surface area contributed by atoms with Gasteiger partial charge in [0.1, 0.15) is 5.41 Å². The lowest BCUT2D eigenvalue weighted by molar-refractivity contribution is -0.130. The Bertz CT molecular complexity index is 312. The van der Waals surface area contributed by atoms with E-state index < -0.39 is 11.3 Å². The number of carbonyl (C=O) groups excluding carboxylic acids is 2. The molecule has 0 heterocycles. The van der Waals surface area contributed by atoms with E-state index >= 15 is 0 Å². The van der Waals surface area contributed by atoms with E-state index in [1.165, 1.54) is 0 Å². The summed E-state index contributed by atoms with van der Waals surface area (Å²) in [5, 5.41) is 11.6. The summed E-state index contributed by atoms with van der Waals surface area (Å²) in [4.78, 5) is 22.4. The summed E-state index contributed by atoms with van der Waals surface area (Å²) < 4.78 is 0. The highest BCUT2D eigenvalue weighted by molar-refractivity contribution is 5.89. The molecule has 0 aliphatic heterocycles. The van der Waals surface area contributed by atoms with E-state index in [1.54, 1.807) is 0 Å². The van der Waals surface area contributed by atoms with Crippen molar-refractivity contribution in [2.24, 2.45) is 11.1 Å². The average Bonchev–Trinajstić information content (AvgIpc) is 2.51. The van der Waals surface area contributed by atoms with Gasteiger partial charge < -0.3 is 11.1 Å². The summed E-state index contributed by atoms with van der Waals surface area (Å²) >= 11 is 0. The summed E-state index contributed by atoms with van der Waals surface area (Å²) in [6.07, 6.45) is 5.05. The van der Waals surface area contributed by atoms with Crippen LogP contribution in [0.2, 0.25) is 0 Å². The van der Waals surface area contributed by atoms with Gasteiger partial charge in [0, 0.05) is 0 Å². The first-order valence-electron chi connectivity index (χ1n) is 5.58. The lowest BCUT2D eigenvalue weighted by Gasteiger charge is -2.23. The molecule has 1 rings (SSSR count). The van der Waals surface area contributed by atoms with E-state index in [2.05, 4.69) is 11.4 Å². The molecule has 0 saturated heterocycles. The van der Waals surface area contributed by atoms with Crippen molar-refractivity contribution in [3.8, 4) is 6.07 Å². The number of nitriles is 1. The van der Waals surface area contributed by atoms with Crippen LogP contribution in [0.1, 0.15) is 38.5 Å². The quantitative estimate of drug-likeness (QED) is 0.680. The topological polar surface area (TPSA) is 96.0 Å². The minimum absolute atomic E-state index is 0.192. The van der Waals surface area contributed by atoms with Gasteiger partial charge in [0.05, 0.1) is 12.6 Å². The maximum atomic E-state index is 11.9. The molecule has 1 aliphatic carbocycles. The molecule has 0 aromatic carbocycles. The van der Waals surface area contributed by atoms with Gasteiger partial charge in [-0.05, 0) is 12.8 Å². The number of nitrogens with two attached hydrogens (primary N) is 1. The zero-order valence-corrected chi connectivity index (χ0v) is 9.29. The SMILES string of the molecule is N#CC1(C(=O)NCC(N)=O)CCCCCC1. The molecule has 0 radical (unpaired) electrons. The van der Waals surface area contributed by atoms with Gasteiger partial charge in [-0.1, -0.05) is 25.7 Å². The van der Waals surface area contributed by atoms with Gasteiger partial charge in [0.25, 0.3) is 0 Å². The molecular formula is C11H17N3O2. The number of rotatable bonds is 3. The van der Waals surface area contributed by atoms with Crippen LogP contribution >= 0.6 is 0 Å². The van der Waals surface area contributed by atoms with Crippen LogP contribution in [-0.2, 0) is 9.59 Å². The molecule has 2 amide bonds. The molecule has 88 valence electrons. The number of carbonyl (C=O) groups is 2. The first-order valence-corrected chi connectivity index (χ1v) is 5.58. The summed E-state index contributed by atoms with van der Waals surface area (Å²) in [5.74, 6) is -0.939. The molecule has 0 aromatic rings. The third kappa shape index (κ3) is 2.96. The second kappa shape index (κ2) is 5.50. The lowest BCUT2D eigenvalue weighted by atomic mass is 9.81. The fourth-order valence-corrected chi connectivity index (χ4v) is 2.06. The molecule has 0 spiro atoms. The van der Waals surface area contributed by atoms with Crippen molar-refractivity contribution in [3.63, 3.8) is 0 Å².